The van der Waals surface area contributed by atoms with Crippen molar-refractivity contribution in [3.05, 3.63) is 124 Å². The topological polar surface area (TPSA) is 151 Å². The Kier molecular flexibility index (Phi) is 10.8. The summed E-state index contributed by atoms with van der Waals surface area (Å²) < 4.78 is 56.7. The summed E-state index contributed by atoms with van der Waals surface area (Å²) in [6.07, 6.45) is 8.26. The Hall–Kier alpha value is -3.52. The maximum absolute atomic E-state index is 13.5. The van der Waals surface area contributed by atoms with Crippen LogP contribution >= 0.6 is 46.4 Å². The highest BCUT2D eigenvalue weighted by atomic mass is 35.5. The molecule has 0 bridgehead atoms. The summed E-state index contributed by atoms with van der Waals surface area (Å²) >= 11 is 24.2. The number of urea groups is 2. The predicted molar refractivity (Wildman–Crippen MR) is 221 cm³/mol. The molecule has 2 atom stereocenters. The normalized spacial score (nSPS) is 18.2. The highest BCUT2D eigenvalue weighted by Gasteiger charge is 2.40. The van der Waals surface area contributed by atoms with E-state index in [0.717, 1.165) is 96.7 Å². The molecular formula is C40H38Cl4N4O6S2. The van der Waals surface area contributed by atoms with Crippen molar-refractivity contribution in [3.8, 4) is 0 Å². The maximum Gasteiger partial charge on any atom is 0.332 e. The molecule has 8 rings (SSSR count). The minimum atomic E-state index is -4.10. The zero-order valence-electron chi connectivity index (χ0n) is 30.0. The fourth-order valence-electron chi connectivity index (χ4n) is 9.24. The van der Waals surface area contributed by atoms with Crippen molar-refractivity contribution in [3.63, 3.8) is 0 Å². The summed E-state index contributed by atoms with van der Waals surface area (Å²) in [6, 6.07) is 11.9. The van der Waals surface area contributed by atoms with E-state index in [4.69, 9.17) is 46.4 Å². The molecule has 4 aromatic carbocycles. The SMILES string of the molecule is O=C(Nc1c2c(cc3c1CC(C1CCc4cc5c(c(NC(=O)NS(=O)(=O)Cc6cc(Cl)cc(Cl)c6)c41)CCC5)C3)CCC2)NS(=O)(=O)Cc1ccc(Cl)c(Cl)c1. The third-order valence-corrected chi connectivity index (χ3v) is 14.9. The van der Waals surface area contributed by atoms with Gasteiger partial charge in [-0.3, -0.25) is 0 Å². The van der Waals surface area contributed by atoms with E-state index in [1.54, 1.807) is 6.07 Å². The van der Waals surface area contributed by atoms with E-state index in [0.29, 0.717) is 44.0 Å². The Labute approximate surface area is 346 Å². The fraction of sp³-hybridized carbons (Fsp3) is 0.350. The van der Waals surface area contributed by atoms with Crippen molar-refractivity contribution in [1.29, 1.82) is 0 Å². The molecule has 4 aliphatic carbocycles. The van der Waals surface area contributed by atoms with E-state index in [1.807, 2.05) is 0 Å². The molecule has 4 N–H and O–H groups in total. The molecule has 0 radical (unpaired) electrons. The van der Waals surface area contributed by atoms with Crippen LogP contribution in [0.2, 0.25) is 20.1 Å². The molecule has 4 aromatic rings. The van der Waals surface area contributed by atoms with Gasteiger partial charge in [-0.1, -0.05) is 64.6 Å². The summed E-state index contributed by atoms with van der Waals surface area (Å²) in [5.41, 5.74) is 10.9. The molecule has 0 fully saturated rings. The summed E-state index contributed by atoms with van der Waals surface area (Å²) in [5, 5.41) is 7.03. The largest absolute Gasteiger partial charge is 0.332 e. The first-order chi connectivity index (χ1) is 26.6. The first-order valence-electron chi connectivity index (χ1n) is 18.5. The van der Waals surface area contributed by atoms with Gasteiger partial charge in [-0.25, -0.2) is 35.9 Å². The van der Waals surface area contributed by atoms with Gasteiger partial charge in [0.15, 0.2) is 0 Å². The molecule has 0 aliphatic heterocycles. The minimum Gasteiger partial charge on any atom is -0.307 e. The van der Waals surface area contributed by atoms with Gasteiger partial charge in [0.1, 0.15) is 0 Å². The number of fused-ring (bicyclic) bond motifs is 4. The lowest BCUT2D eigenvalue weighted by atomic mass is 9.83. The zero-order chi connectivity index (χ0) is 39.5. The lowest BCUT2D eigenvalue weighted by molar-refractivity contribution is 0.255. The number of halogens is 4. The second kappa shape index (κ2) is 15.3. The molecule has 294 valence electrons. The van der Waals surface area contributed by atoms with Gasteiger partial charge in [-0.05, 0) is 162 Å². The van der Waals surface area contributed by atoms with Crippen molar-refractivity contribution in [2.45, 2.75) is 81.6 Å². The fourth-order valence-corrected chi connectivity index (χ4v) is 12.2. The second-order valence-electron chi connectivity index (χ2n) is 15.2. The van der Waals surface area contributed by atoms with Crippen molar-refractivity contribution in [1.82, 2.24) is 9.44 Å². The van der Waals surface area contributed by atoms with Crippen LogP contribution in [0.5, 0.6) is 0 Å². The van der Waals surface area contributed by atoms with E-state index in [-0.39, 0.29) is 16.9 Å². The lowest BCUT2D eigenvalue weighted by Crippen LogP contribution is -2.36. The first kappa shape index (κ1) is 39.3. The van der Waals surface area contributed by atoms with E-state index >= 15 is 0 Å². The molecule has 4 aliphatic rings. The van der Waals surface area contributed by atoms with Crippen LogP contribution in [0.1, 0.15) is 80.8 Å². The van der Waals surface area contributed by atoms with Gasteiger partial charge >= 0.3 is 12.1 Å². The number of benzene rings is 4. The Bertz CT molecular complexity index is 2530. The highest BCUT2D eigenvalue weighted by Crippen LogP contribution is 2.52. The average molecular weight is 877 g/mol. The Balaban J connectivity index is 1.03. The minimum absolute atomic E-state index is 0.0619. The smallest absolute Gasteiger partial charge is 0.307 e. The predicted octanol–water partition coefficient (Wildman–Crippen LogP) is 9.03. The van der Waals surface area contributed by atoms with Gasteiger partial charge in [0, 0.05) is 21.4 Å². The van der Waals surface area contributed by atoms with E-state index < -0.39 is 43.6 Å². The quantitative estimate of drug-likeness (QED) is 0.132. The number of rotatable bonds is 9. The molecule has 0 saturated heterocycles. The van der Waals surface area contributed by atoms with Gasteiger partial charge in [-0.2, -0.15) is 0 Å². The number of sulfonamides is 2. The molecule has 0 saturated carbocycles. The summed E-state index contributed by atoms with van der Waals surface area (Å²) in [7, 11) is -8.17. The first-order valence-corrected chi connectivity index (χ1v) is 23.3. The molecule has 2 unspecified atom stereocenters. The number of hydrogen-bond donors (Lipinski definition) is 4. The van der Waals surface area contributed by atoms with Crippen LogP contribution in [0.4, 0.5) is 21.0 Å². The number of anilines is 2. The second-order valence-corrected chi connectivity index (χ2v) is 20.3. The van der Waals surface area contributed by atoms with Crippen LogP contribution in [0.3, 0.4) is 0 Å². The molecule has 0 heterocycles. The monoisotopic (exact) mass is 874 g/mol. The third kappa shape index (κ3) is 8.24. The maximum atomic E-state index is 13.5. The molecule has 0 aromatic heterocycles. The van der Waals surface area contributed by atoms with E-state index in [9.17, 15) is 26.4 Å². The zero-order valence-corrected chi connectivity index (χ0v) is 34.7. The summed E-state index contributed by atoms with van der Waals surface area (Å²) in [5.74, 6) is -0.732. The van der Waals surface area contributed by atoms with Gasteiger partial charge in [0.2, 0.25) is 20.0 Å². The lowest BCUT2D eigenvalue weighted by Gasteiger charge is -2.24. The Morgan fingerprint density at radius 1 is 0.589 bits per heavy atom. The number of aryl methyl sites for hydroxylation is 3. The van der Waals surface area contributed by atoms with Crippen LogP contribution in [0.15, 0.2) is 48.5 Å². The van der Waals surface area contributed by atoms with Crippen molar-refractivity contribution in [2.24, 2.45) is 5.92 Å². The molecule has 56 heavy (non-hydrogen) atoms. The van der Waals surface area contributed by atoms with Crippen LogP contribution in [0, 0.1) is 5.92 Å². The summed E-state index contributed by atoms with van der Waals surface area (Å²) in [6.45, 7) is 0. The molecule has 4 amide bonds. The van der Waals surface area contributed by atoms with Gasteiger partial charge < -0.3 is 10.6 Å². The number of carbonyl (C=O) groups is 2. The molecule has 10 nitrogen and oxygen atoms in total. The van der Waals surface area contributed by atoms with E-state index in [1.165, 1.54) is 35.9 Å². The van der Waals surface area contributed by atoms with E-state index in [2.05, 4.69) is 32.2 Å². The van der Waals surface area contributed by atoms with Gasteiger partial charge in [0.05, 0.1) is 21.6 Å². The van der Waals surface area contributed by atoms with Crippen molar-refractivity contribution < 1.29 is 26.4 Å². The Morgan fingerprint density at radius 3 is 1.82 bits per heavy atom. The van der Waals surface area contributed by atoms with Gasteiger partial charge in [0.25, 0.3) is 0 Å². The standard InChI is InChI=1S/C40H38Cl4N4O6S2/c41-28-11-22(12-29(42)18-28)20-56(53,54)48-40(50)46-38-32-6-2-3-23(32)14-25-8-9-30(36(25)38)27-16-26-15-24-4-1-5-31(24)37(33(26)17-27)45-39(49)47-55(51,52)19-21-7-10-34(43)35(44)13-21/h7,10-15,18,27,30H,1-6,8-9,16-17,19-20H2,(H2,45,47,49)(H2,46,48,50). The molecular weight excluding hydrogens is 838 g/mol. The number of nitrogens with one attached hydrogen (secondary N) is 4. The van der Waals surface area contributed by atoms with Crippen LogP contribution in [-0.2, 0) is 76.5 Å². The molecule has 0 spiro atoms. The number of amides is 4. The van der Waals surface area contributed by atoms with Crippen LogP contribution < -0.4 is 20.1 Å². The van der Waals surface area contributed by atoms with Gasteiger partial charge in [-0.15, -0.1) is 0 Å². The number of carbonyl (C=O) groups excluding carboxylic acids is 2. The third-order valence-electron chi connectivity index (χ3n) is 11.3. The molecule has 16 heteroatoms. The summed E-state index contributed by atoms with van der Waals surface area (Å²) in [4.78, 5) is 26.9. The van der Waals surface area contributed by atoms with Crippen LogP contribution in [0.25, 0.3) is 0 Å². The van der Waals surface area contributed by atoms with Crippen LogP contribution in [-0.4, -0.2) is 28.9 Å². The number of hydrogen-bond acceptors (Lipinski definition) is 6. The Morgan fingerprint density at radius 2 is 1.18 bits per heavy atom. The average Bonchev–Trinajstić information content (AvgIpc) is 3.91. The highest BCUT2D eigenvalue weighted by molar-refractivity contribution is 7.89. The van der Waals surface area contributed by atoms with Crippen molar-refractivity contribution >= 4 is 89.9 Å². The van der Waals surface area contributed by atoms with Crippen molar-refractivity contribution in [2.75, 3.05) is 10.6 Å².